The number of hydrogen-bond acceptors (Lipinski definition) is 6. The highest BCUT2D eigenvalue weighted by molar-refractivity contribution is 7.12. The molecule has 150 valence electrons. The Hall–Kier alpha value is -3.23. The number of carbonyl (C=O) groups is 1. The van der Waals surface area contributed by atoms with E-state index >= 15 is 0 Å². The monoisotopic (exact) mass is 438 g/mol. The Labute approximate surface area is 179 Å². The first-order chi connectivity index (χ1) is 14.6. The van der Waals surface area contributed by atoms with Crippen molar-refractivity contribution < 1.29 is 9.21 Å². The first-order valence-corrected chi connectivity index (χ1v) is 10.5. The largest absolute Gasteiger partial charge is 0.467 e. The molecule has 1 aliphatic heterocycles. The summed E-state index contributed by atoms with van der Waals surface area (Å²) in [5.41, 5.74) is 1.00. The third kappa shape index (κ3) is 3.34. The molecule has 0 bridgehead atoms. The van der Waals surface area contributed by atoms with Crippen molar-refractivity contribution >= 4 is 45.5 Å². The molecular weight excluding hydrogens is 424 g/mol. The van der Waals surface area contributed by atoms with E-state index in [9.17, 15) is 9.59 Å². The number of rotatable bonds is 4. The van der Waals surface area contributed by atoms with Gasteiger partial charge in [-0.15, -0.1) is 11.3 Å². The van der Waals surface area contributed by atoms with E-state index in [-0.39, 0.29) is 24.1 Å². The second-order valence-corrected chi connectivity index (χ2v) is 8.22. The lowest BCUT2D eigenvalue weighted by atomic mass is 10.1. The van der Waals surface area contributed by atoms with Gasteiger partial charge in [0.15, 0.2) is 0 Å². The van der Waals surface area contributed by atoms with Crippen LogP contribution in [0.3, 0.4) is 0 Å². The Morgan fingerprint density at radius 1 is 1.27 bits per heavy atom. The van der Waals surface area contributed by atoms with Crippen molar-refractivity contribution in [2.24, 2.45) is 5.10 Å². The number of fused-ring (bicyclic) bond motifs is 1. The van der Waals surface area contributed by atoms with Crippen molar-refractivity contribution in [3.63, 3.8) is 0 Å². The first-order valence-electron chi connectivity index (χ1n) is 9.21. The number of carbonyl (C=O) groups excluding carboxylic acids is 1. The molecule has 3 aromatic heterocycles. The molecule has 4 heterocycles. The quantitative estimate of drug-likeness (QED) is 0.480. The maximum Gasteiger partial charge on any atom is 0.263 e. The second-order valence-electron chi connectivity index (χ2n) is 6.84. The van der Waals surface area contributed by atoms with Crippen LogP contribution in [0.25, 0.3) is 10.9 Å². The summed E-state index contributed by atoms with van der Waals surface area (Å²) in [6, 6.07) is 12.0. The summed E-state index contributed by atoms with van der Waals surface area (Å²) < 4.78 is 6.84. The van der Waals surface area contributed by atoms with E-state index in [4.69, 9.17) is 16.0 Å². The summed E-state index contributed by atoms with van der Waals surface area (Å²) in [5, 5.41) is 8.84. The number of benzene rings is 1. The summed E-state index contributed by atoms with van der Waals surface area (Å²) in [5.74, 6) is 0.331. The highest BCUT2D eigenvalue weighted by atomic mass is 35.5. The van der Waals surface area contributed by atoms with Gasteiger partial charge in [-0.05, 0) is 41.8 Å². The van der Waals surface area contributed by atoms with Crippen LogP contribution in [0.5, 0.6) is 0 Å². The van der Waals surface area contributed by atoms with E-state index < -0.39 is 0 Å². The summed E-state index contributed by atoms with van der Waals surface area (Å²) in [6.07, 6.45) is 3.48. The van der Waals surface area contributed by atoms with Crippen molar-refractivity contribution in [2.45, 2.75) is 19.0 Å². The van der Waals surface area contributed by atoms with Crippen LogP contribution < -0.4 is 5.56 Å². The van der Waals surface area contributed by atoms with Crippen molar-refractivity contribution in [2.75, 3.05) is 0 Å². The number of hydrogen-bond donors (Lipinski definition) is 0. The van der Waals surface area contributed by atoms with Crippen LogP contribution >= 0.6 is 22.9 Å². The van der Waals surface area contributed by atoms with Crippen LogP contribution in [0, 0.1) is 0 Å². The zero-order chi connectivity index (χ0) is 20.7. The first kappa shape index (κ1) is 18.8. The average Bonchev–Trinajstić information content (AvgIpc) is 3.50. The Bertz CT molecular complexity index is 1310. The Kier molecular flexibility index (Phi) is 4.72. The number of hydrazone groups is 1. The van der Waals surface area contributed by atoms with Gasteiger partial charge in [0.2, 0.25) is 0 Å². The van der Waals surface area contributed by atoms with Gasteiger partial charge in [0, 0.05) is 11.4 Å². The lowest BCUT2D eigenvalue weighted by Gasteiger charge is -2.20. The molecule has 0 spiro atoms. The smallest absolute Gasteiger partial charge is 0.263 e. The maximum absolute atomic E-state index is 13.1. The molecule has 9 heteroatoms. The number of nitrogens with zero attached hydrogens (tertiary/aromatic N) is 4. The van der Waals surface area contributed by atoms with Gasteiger partial charge in [0.05, 0.1) is 34.1 Å². The highest BCUT2D eigenvalue weighted by Gasteiger charge is 2.35. The SMILES string of the molecule is O=C(Cn1cnc2cc(Cl)ccc2c1=O)N1N=C(c2cccs2)CC1c1ccco1. The van der Waals surface area contributed by atoms with Crippen LogP contribution in [0.4, 0.5) is 0 Å². The number of thiophene rings is 1. The average molecular weight is 439 g/mol. The van der Waals surface area contributed by atoms with E-state index in [1.807, 2.05) is 23.6 Å². The van der Waals surface area contributed by atoms with Crippen molar-refractivity contribution in [1.82, 2.24) is 14.6 Å². The molecule has 1 amide bonds. The Morgan fingerprint density at radius 2 is 2.17 bits per heavy atom. The minimum atomic E-state index is -0.354. The van der Waals surface area contributed by atoms with Gasteiger partial charge < -0.3 is 4.42 Å². The van der Waals surface area contributed by atoms with Crippen molar-refractivity contribution in [1.29, 1.82) is 0 Å². The zero-order valence-electron chi connectivity index (χ0n) is 15.6. The molecule has 5 rings (SSSR count). The summed E-state index contributed by atoms with van der Waals surface area (Å²) in [6.45, 7) is -0.178. The molecule has 0 fully saturated rings. The van der Waals surface area contributed by atoms with Crippen LogP contribution in [0.15, 0.2) is 74.7 Å². The topological polar surface area (TPSA) is 80.7 Å². The Morgan fingerprint density at radius 3 is 2.93 bits per heavy atom. The summed E-state index contributed by atoms with van der Waals surface area (Å²) in [4.78, 5) is 31.2. The number of furan rings is 1. The molecule has 7 nitrogen and oxygen atoms in total. The van der Waals surface area contributed by atoms with Crippen molar-refractivity contribution in [3.8, 4) is 0 Å². The third-order valence-electron chi connectivity index (χ3n) is 4.94. The molecule has 0 N–H and O–H groups in total. The highest BCUT2D eigenvalue weighted by Crippen LogP contribution is 2.34. The molecule has 0 radical (unpaired) electrons. The van der Waals surface area contributed by atoms with Gasteiger partial charge >= 0.3 is 0 Å². The van der Waals surface area contributed by atoms with Crippen LogP contribution in [0.2, 0.25) is 5.02 Å². The van der Waals surface area contributed by atoms with Gasteiger partial charge in [-0.2, -0.15) is 5.10 Å². The van der Waals surface area contributed by atoms with Gasteiger partial charge in [-0.3, -0.25) is 14.2 Å². The van der Waals surface area contributed by atoms with Crippen LogP contribution in [0.1, 0.15) is 23.1 Å². The molecule has 0 saturated heterocycles. The van der Waals surface area contributed by atoms with Crippen LogP contribution in [-0.2, 0) is 11.3 Å². The fourth-order valence-electron chi connectivity index (χ4n) is 3.50. The number of aromatic nitrogens is 2. The predicted molar refractivity (Wildman–Crippen MR) is 115 cm³/mol. The normalized spacial score (nSPS) is 16.2. The van der Waals surface area contributed by atoms with E-state index in [1.54, 1.807) is 41.9 Å². The fraction of sp³-hybridized carbons (Fsp3) is 0.143. The minimum absolute atomic E-state index is 0.178. The fourth-order valence-corrected chi connectivity index (χ4v) is 4.38. The van der Waals surface area contributed by atoms with Gasteiger partial charge in [0.25, 0.3) is 11.5 Å². The molecule has 30 heavy (non-hydrogen) atoms. The van der Waals surface area contributed by atoms with Gasteiger partial charge in [-0.1, -0.05) is 17.7 Å². The maximum atomic E-state index is 13.1. The molecule has 1 aliphatic rings. The Balaban J connectivity index is 1.48. The van der Waals surface area contributed by atoms with Gasteiger partial charge in [0.1, 0.15) is 18.3 Å². The molecule has 0 saturated carbocycles. The lowest BCUT2D eigenvalue weighted by molar-refractivity contribution is -0.134. The molecular formula is C21H15ClN4O3S. The zero-order valence-corrected chi connectivity index (χ0v) is 17.1. The lowest BCUT2D eigenvalue weighted by Crippen LogP contribution is -2.34. The minimum Gasteiger partial charge on any atom is -0.467 e. The number of amides is 1. The van der Waals surface area contributed by atoms with E-state index in [1.165, 1.54) is 15.9 Å². The standard InChI is InChI=1S/C21H15ClN4O3S/c22-13-5-6-14-15(9-13)23-12-25(21(14)28)11-20(27)26-17(18-3-1-7-29-18)10-16(24-26)19-4-2-8-30-19/h1-9,12,17H,10-11H2. The van der Waals surface area contributed by atoms with E-state index in [0.717, 1.165) is 10.6 Å². The van der Waals surface area contributed by atoms with Crippen molar-refractivity contribution in [3.05, 3.63) is 86.4 Å². The number of halogens is 1. The third-order valence-corrected chi connectivity index (χ3v) is 6.09. The molecule has 1 aromatic carbocycles. The molecule has 0 aliphatic carbocycles. The summed E-state index contributed by atoms with van der Waals surface area (Å²) in [7, 11) is 0. The van der Waals surface area contributed by atoms with Gasteiger partial charge in [-0.25, -0.2) is 9.99 Å². The molecule has 1 atom stereocenters. The molecule has 1 unspecified atom stereocenters. The predicted octanol–water partition coefficient (Wildman–Crippen LogP) is 4.08. The van der Waals surface area contributed by atoms with E-state index in [0.29, 0.717) is 28.1 Å². The second kappa shape index (κ2) is 7.55. The summed E-state index contributed by atoms with van der Waals surface area (Å²) >= 11 is 7.54. The van der Waals surface area contributed by atoms with Crippen LogP contribution in [-0.4, -0.2) is 26.2 Å². The van der Waals surface area contributed by atoms with E-state index in [2.05, 4.69) is 10.1 Å². The molecule has 4 aromatic rings.